The number of hydrogen-bond donors (Lipinski definition) is 1. The lowest BCUT2D eigenvalue weighted by Gasteiger charge is -2.32. The summed E-state index contributed by atoms with van der Waals surface area (Å²) in [5.74, 6) is -0.252. The van der Waals surface area contributed by atoms with Crippen LogP contribution in [-0.4, -0.2) is 39.3 Å². The van der Waals surface area contributed by atoms with Crippen LogP contribution in [0.5, 0.6) is 0 Å². The van der Waals surface area contributed by atoms with Crippen molar-refractivity contribution in [2.24, 2.45) is 0 Å². The standard InChI is InChI=1S/C22H21FN6O5S/c1-12(2)19-15-6-5-7-16(23)20(15)28(25-19)22-24-21(34-26-22)13-10-14(11-13)27-35(32,33)18-9-4-3-8-17(18)29(30)31/h3-9,12-14,27H,10-11H2,1-2H3. The first-order chi connectivity index (χ1) is 16.7. The molecule has 0 radical (unpaired) electrons. The summed E-state index contributed by atoms with van der Waals surface area (Å²) >= 11 is 0. The summed E-state index contributed by atoms with van der Waals surface area (Å²) in [5.41, 5.74) is 0.475. The highest BCUT2D eigenvalue weighted by Crippen LogP contribution is 2.38. The number of rotatable bonds is 7. The average Bonchev–Trinajstić information content (AvgIpc) is 3.41. The number of para-hydroxylation sites is 2. The molecule has 35 heavy (non-hydrogen) atoms. The van der Waals surface area contributed by atoms with Crippen molar-refractivity contribution >= 4 is 26.6 Å². The fourth-order valence-electron chi connectivity index (χ4n) is 4.23. The molecule has 1 aliphatic carbocycles. The fourth-order valence-corrected chi connectivity index (χ4v) is 5.67. The van der Waals surface area contributed by atoms with E-state index in [2.05, 4.69) is 20.0 Å². The van der Waals surface area contributed by atoms with Crippen LogP contribution in [0, 0.1) is 15.9 Å². The number of nitrogens with one attached hydrogen (secondary N) is 1. The van der Waals surface area contributed by atoms with Gasteiger partial charge in [-0.1, -0.05) is 38.1 Å². The second-order valence-electron chi connectivity index (χ2n) is 8.73. The van der Waals surface area contributed by atoms with Crippen LogP contribution in [0.2, 0.25) is 0 Å². The van der Waals surface area contributed by atoms with Crippen LogP contribution in [0.25, 0.3) is 16.9 Å². The number of benzene rings is 2. The lowest BCUT2D eigenvalue weighted by Crippen LogP contribution is -2.43. The number of aromatic nitrogens is 4. The van der Waals surface area contributed by atoms with Gasteiger partial charge in [-0.15, -0.1) is 0 Å². The zero-order valence-corrected chi connectivity index (χ0v) is 19.6. The topological polar surface area (TPSA) is 146 Å². The molecule has 13 heteroatoms. The second-order valence-corrected chi connectivity index (χ2v) is 10.4. The van der Waals surface area contributed by atoms with Gasteiger partial charge in [0.25, 0.3) is 11.6 Å². The van der Waals surface area contributed by atoms with Crippen LogP contribution in [0.15, 0.2) is 51.9 Å². The highest BCUT2D eigenvalue weighted by atomic mass is 32.2. The van der Waals surface area contributed by atoms with Crippen molar-refractivity contribution in [3.05, 3.63) is 70.0 Å². The van der Waals surface area contributed by atoms with Crippen LogP contribution < -0.4 is 4.72 Å². The Bertz CT molecular complexity index is 1540. The Kier molecular flexibility index (Phi) is 5.60. The zero-order chi connectivity index (χ0) is 24.9. The highest BCUT2D eigenvalue weighted by molar-refractivity contribution is 7.89. The van der Waals surface area contributed by atoms with Crippen molar-refractivity contribution in [2.75, 3.05) is 0 Å². The first-order valence-electron chi connectivity index (χ1n) is 10.9. The number of halogens is 1. The van der Waals surface area contributed by atoms with Gasteiger partial charge < -0.3 is 4.52 Å². The molecule has 0 aliphatic heterocycles. The average molecular weight is 501 g/mol. The smallest absolute Gasteiger partial charge is 0.291 e. The molecule has 1 aliphatic rings. The third kappa shape index (κ3) is 4.06. The number of sulfonamides is 1. The summed E-state index contributed by atoms with van der Waals surface area (Å²) < 4.78 is 49.2. The number of hydrogen-bond acceptors (Lipinski definition) is 8. The minimum Gasteiger partial charge on any atom is -0.337 e. The summed E-state index contributed by atoms with van der Waals surface area (Å²) in [6.07, 6.45) is 0.736. The lowest BCUT2D eigenvalue weighted by atomic mass is 9.81. The molecule has 1 saturated carbocycles. The molecule has 0 atom stereocenters. The summed E-state index contributed by atoms with van der Waals surface area (Å²) in [6.45, 7) is 3.91. The SMILES string of the molecule is CC(C)c1nn(-c2noc(C3CC(NS(=O)(=O)c4ccccc4[N+](=O)[O-])C3)n2)c2c(F)cccc12. The van der Waals surface area contributed by atoms with Gasteiger partial charge in [-0.05, 0) is 36.0 Å². The van der Waals surface area contributed by atoms with Gasteiger partial charge in [0.05, 0.1) is 10.6 Å². The van der Waals surface area contributed by atoms with E-state index in [0.29, 0.717) is 23.9 Å². The summed E-state index contributed by atoms with van der Waals surface area (Å²) in [6, 6.07) is 9.47. The predicted octanol–water partition coefficient (Wildman–Crippen LogP) is 3.80. The molecule has 1 N–H and O–H groups in total. The molecular formula is C22H21FN6O5S. The van der Waals surface area contributed by atoms with Crippen LogP contribution in [0.1, 0.15) is 50.1 Å². The van der Waals surface area contributed by atoms with E-state index in [4.69, 9.17) is 4.52 Å². The van der Waals surface area contributed by atoms with E-state index in [-0.39, 0.29) is 34.1 Å². The molecule has 0 amide bonds. The van der Waals surface area contributed by atoms with Gasteiger partial charge in [-0.3, -0.25) is 10.1 Å². The van der Waals surface area contributed by atoms with Crippen molar-refractivity contribution < 1.29 is 22.3 Å². The van der Waals surface area contributed by atoms with Gasteiger partial charge in [-0.2, -0.15) is 14.8 Å². The number of nitrogens with zero attached hydrogens (tertiary/aromatic N) is 5. The van der Waals surface area contributed by atoms with Gasteiger partial charge in [-0.25, -0.2) is 17.5 Å². The van der Waals surface area contributed by atoms with Crippen molar-refractivity contribution in [3.63, 3.8) is 0 Å². The summed E-state index contributed by atoms with van der Waals surface area (Å²) in [4.78, 5) is 14.5. The molecule has 0 saturated heterocycles. The molecule has 11 nitrogen and oxygen atoms in total. The molecule has 0 unspecified atom stereocenters. The maximum atomic E-state index is 14.6. The Morgan fingerprint density at radius 1 is 1.20 bits per heavy atom. The van der Waals surface area contributed by atoms with E-state index in [1.165, 1.54) is 28.9 Å². The van der Waals surface area contributed by atoms with Crippen molar-refractivity contribution in [1.29, 1.82) is 0 Å². The van der Waals surface area contributed by atoms with E-state index in [1.54, 1.807) is 12.1 Å². The molecule has 2 heterocycles. The van der Waals surface area contributed by atoms with Gasteiger partial charge in [0.2, 0.25) is 15.9 Å². The molecular weight excluding hydrogens is 479 g/mol. The third-order valence-electron chi connectivity index (χ3n) is 6.01. The van der Waals surface area contributed by atoms with Crippen molar-refractivity contribution in [3.8, 4) is 5.95 Å². The number of nitro benzene ring substituents is 1. The minimum atomic E-state index is -4.09. The molecule has 182 valence electrons. The van der Waals surface area contributed by atoms with Crippen molar-refractivity contribution in [2.45, 2.75) is 49.5 Å². The van der Waals surface area contributed by atoms with Crippen LogP contribution in [0.3, 0.4) is 0 Å². The second kappa shape index (κ2) is 8.50. The van der Waals surface area contributed by atoms with Crippen LogP contribution in [0.4, 0.5) is 10.1 Å². The Hall–Kier alpha value is -3.71. The van der Waals surface area contributed by atoms with E-state index in [9.17, 15) is 22.9 Å². The third-order valence-corrected chi connectivity index (χ3v) is 7.58. The Morgan fingerprint density at radius 2 is 1.94 bits per heavy atom. The number of nitro groups is 1. The molecule has 0 bridgehead atoms. The van der Waals surface area contributed by atoms with Gasteiger partial charge in [0.1, 0.15) is 11.3 Å². The molecule has 4 aromatic rings. The quantitative estimate of drug-likeness (QED) is 0.298. The molecule has 2 aromatic carbocycles. The van der Waals surface area contributed by atoms with Crippen LogP contribution in [-0.2, 0) is 10.0 Å². The Balaban J connectivity index is 1.33. The number of fused-ring (bicyclic) bond motifs is 1. The zero-order valence-electron chi connectivity index (χ0n) is 18.8. The highest BCUT2D eigenvalue weighted by Gasteiger charge is 2.38. The minimum absolute atomic E-state index is 0.0489. The predicted molar refractivity (Wildman–Crippen MR) is 122 cm³/mol. The first-order valence-corrected chi connectivity index (χ1v) is 12.4. The van der Waals surface area contributed by atoms with Gasteiger partial charge in [0, 0.05) is 23.4 Å². The lowest BCUT2D eigenvalue weighted by molar-refractivity contribution is -0.387. The molecule has 1 fully saturated rings. The van der Waals surface area contributed by atoms with E-state index < -0.39 is 32.5 Å². The monoisotopic (exact) mass is 500 g/mol. The van der Waals surface area contributed by atoms with E-state index in [0.717, 1.165) is 6.07 Å². The first kappa shape index (κ1) is 23.1. The molecule has 0 spiro atoms. The van der Waals surface area contributed by atoms with Crippen LogP contribution >= 0.6 is 0 Å². The van der Waals surface area contributed by atoms with Crippen molar-refractivity contribution in [1.82, 2.24) is 24.6 Å². The Morgan fingerprint density at radius 3 is 2.66 bits per heavy atom. The normalized spacial score (nSPS) is 18.2. The maximum Gasteiger partial charge on any atom is 0.291 e. The van der Waals surface area contributed by atoms with E-state index >= 15 is 0 Å². The van der Waals surface area contributed by atoms with Gasteiger partial charge >= 0.3 is 0 Å². The summed E-state index contributed by atoms with van der Waals surface area (Å²) in [7, 11) is -4.09. The molecule has 5 rings (SSSR count). The van der Waals surface area contributed by atoms with E-state index in [1.807, 2.05) is 13.8 Å². The summed E-state index contributed by atoms with van der Waals surface area (Å²) in [5, 5.41) is 20.3. The largest absolute Gasteiger partial charge is 0.337 e. The maximum absolute atomic E-state index is 14.6. The fraction of sp³-hybridized carbons (Fsp3) is 0.318. The Labute approximate surface area is 199 Å². The van der Waals surface area contributed by atoms with Gasteiger partial charge in [0.15, 0.2) is 4.90 Å². The molecule has 2 aromatic heterocycles.